The maximum atomic E-state index is 6.08. The predicted molar refractivity (Wildman–Crippen MR) is 71.7 cm³/mol. The van der Waals surface area contributed by atoms with Gasteiger partial charge in [0, 0.05) is 5.02 Å². The first kappa shape index (κ1) is 12.0. The fraction of sp³-hybridized carbons (Fsp3) is 0.308. The van der Waals surface area contributed by atoms with Crippen molar-refractivity contribution in [2.24, 2.45) is 0 Å². The highest BCUT2D eigenvalue weighted by molar-refractivity contribution is 6.30. The van der Waals surface area contributed by atoms with Crippen LogP contribution < -0.4 is 5.73 Å². The van der Waals surface area contributed by atoms with E-state index in [1.165, 1.54) is 0 Å². The van der Waals surface area contributed by atoms with E-state index in [4.69, 9.17) is 17.3 Å². The molecule has 0 fully saturated rings. The van der Waals surface area contributed by atoms with E-state index < -0.39 is 0 Å². The lowest BCUT2D eigenvalue weighted by atomic mass is 10.2. The van der Waals surface area contributed by atoms with E-state index in [1.807, 2.05) is 28.9 Å². The van der Waals surface area contributed by atoms with Crippen molar-refractivity contribution in [3.05, 3.63) is 40.7 Å². The molecule has 1 heterocycles. The molecule has 0 amide bonds. The Morgan fingerprint density at radius 1 is 1.18 bits per heavy atom. The van der Waals surface area contributed by atoms with Gasteiger partial charge in [-0.1, -0.05) is 25.4 Å². The predicted octanol–water partition coefficient (Wildman–Crippen LogP) is 3.23. The average molecular weight is 250 g/mol. The fourth-order valence-electron chi connectivity index (χ4n) is 1.91. The van der Waals surface area contributed by atoms with Crippen molar-refractivity contribution >= 4 is 17.3 Å². The molecule has 2 rings (SSSR count). The summed E-state index contributed by atoms with van der Waals surface area (Å²) in [6.45, 7) is 4.14. The van der Waals surface area contributed by atoms with Crippen molar-refractivity contribution in [3.8, 4) is 5.69 Å². The number of anilines is 1. The maximum absolute atomic E-state index is 6.08. The highest BCUT2D eigenvalue weighted by Gasteiger charge is 2.13. The second kappa shape index (κ2) is 4.80. The number of halogens is 1. The Hall–Kier alpha value is -1.48. The van der Waals surface area contributed by atoms with Crippen LogP contribution in [0.15, 0.2) is 24.3 Å². The van der Waals surface area contributed by atoms with Crippen LogP contribution in [0.2, 0.25) is 5.02 Å². The number of rotatable bonds is 3. The monoisotopic (exact) mass is 249 g/mol. The molecule has 0 saturated carbocycles. The molecule has 2 aromatic rings. The van der Waals surface area contributed by atoms with E-state index in [2.05, 4.69) is 18.9 Å². The molecule has 0 aliphatic rings. The van der Waals surface area contributed by atoms with E-state index >= 15 is 0 Å². The topological polar surface area (TPSA) is 43.8 Å². The number of nitrogens with zero attached hydrogens (tertiary/aromatic N) is 2. The second-order valence-electron chi connectivity index (χ2n) is 3.90. The zero-order valence-electron chi connectivity index (χ0n) is 10.1. The summed E-state index contributed by atoms with van der Waals surface area (Å²) in [6.07, 6.45) is 1.71. The SMILES string of the molecule is CCc1nn(-c2ccc(Cl)cc2)c(CC)c1N. The highest BCUT2D eigenvalue weighted by atomic mass is 35.5. The molecule has 0 aliphatic heterocycles. The Balaban J connectivity index is 2.54. The molecule has 1 aromatic heterocycles. The molecule has 90 valence electrons. The minimum atomic E-state index is 0.725. The van der Waals surface area contributed by atoms with E-state index in [-0.39, 0.29) is 0 Å². The normalized spacial score (nSPS) is 10.8. The molecular formula is C13H16ClN3. The van der Waals surface area contributed by atoms with Gasteiger partial charge in [-0.3, -0.25) is 0 Å². The summed E-state index contributed by atoms with van der Waals surface area (Å²) in [5.74, 6) is 0. The van der Waals surface area contributed by atoms with E-state index in [0.717, 1.165) is 40.6 Å². The second-order valence-corrected chi connectivity index (χ2v) is 4.34. The van der Waals surface area contributed by atoms with Gasteiger partial charge >= 0.3 is 0 Å². The van der Waals surface area contributed by atoms with E-state index in [1.54, 1.807) is 0 Å². The number of nitrogens with two attached hydrogens (primary N) is 1. The van der Waals surface area contributed by atoms with Crippen molar-refractivity contribution in [1.82, 2.24) is 9.78 Å². The Labute approximate surface area is 106 Å². The first-order valence-electron chi connectivity index (χ1n) is 5.79. The lowest BCUT2D eigenvalue weighted by Gasteiger charge is -2.06. The first-order valence-corrected chi connectivity index (χ1v) is 6.17. The molecule has 2 N–H and O–H groups in total. The number of benzene rings is 1. The van der Waals surface area contributed by atoms with Gasteiger partial charge in [0.15, 0.2) is 0 Å². The first-order chi connectivity index (χ1) is 8.17. The molecule has 1 aromatic carbocycles. The Morgan fingerprint density at radius 3 is 2.35 bits per heavy atom. The molecular weight excluding hydrogens is 234 g/mol. The van der Waals surface area contributed by atoms with Gasteiger partial charge in [0.25, 0.3) is 0 Å². The van der Waals surface area contributed by atoms with Crippen LogP contribution in [0.4, 0.5) is 5.69 Å². The van der Waals surface area contributed by atoms with Crippen molar-refractivity contribution < 1.29 is 0 Å². The number of aryl methyl sites for hydroxylation is 1. The highest BCUT2D eigenvalue weighted by Crippen LogP contribution is 2.23. The molecule has 3 nitrogen and oxygen atoms in total. The quantitative estimate of drug-likeness (QED) is 0.908. The van der Waals surface area contributed by atoms with Crippen LogP contribution in [0.3, 0.4) is 0 Å². The van der Waals surface area contributed by atoms with Crippen molar-refractivity contribution in [2.45, 2.75) is 26.7 Å². The maximum Gasteiger partial charge on any atom is 0.0858 e. The van der Waals surface area contributed by atoms with Gasteiger partial charge in [-0.15, -0.1) is 0 Å². The molecule has 0 unspecified atom stereocenters. The third kappa shape index (κ3) is 2.15. The van der Waals surface area contributed by atoms with Gasteiger partial charge in [0.05, 0.1) is 22.8 Å². The third-order valence-corrected chi connectivity index (χ3v) is 3.09. The number of aromatic nitrogens is 2. The minimum Gasteiger partial charge on any atom is -0.396 e. The number of hydrogen-bond donors (Lipinski definition) is 1. The lowest BCUT2D eigenvalue weighted by molar-refractivity contribution is 0.794. The van der Waals surface area contributed by atoms with Crippen LogP contribution in [0.5, 0.6) is 0 Å². The number of nitrogen functional groups attached to an aromatic ring is 1. The smallest absolute Gasteiger partial charge is 0.0858 e. The Bertz CT molecular complexity index is 514. The van der Waals surface area contributed by atoms with Crippen LogP contribution >= 0.6 is 11.6 Å². The van der Waals surface area contributed by atoms with Crippen molar-refractivity contribution in [2.75, 3.05) is 5.73 Å². The average Bonchev–Trinajstić information content (AvgIpc) is 2.66. The summed E-state index contributed by atoms with van der Waals surface area (Å²) < 4.78 is 1.91. The third-order valence-electron chi connectivity index (χ3n) is 2.84. The van der Waals surface area contributed by atoms with Gasteiger partial charge < -0.3 is 5.73 Å². The van der Waals surface area contributed by atoms with Crippen molar-refractivity contribution in [3.63, 3.8) is 0 Å². The molecule has 17 heavy (non-hydrogen) atoms. The molecule has 0 atom stereocenters. The van der Waals surface area contributed by atoms with Crippen LogP contribution in [-0.4, -0.2) is 9.78 Å². The lowest BCUT2D eigenvalue weighted by Crippen LogP contribution is -2.02. The van der Waals surface area contributed by atoms with Crippen LogP contribution in [0.25, 0.3) is 5.69 Å². The molecule has 0 bridgehead atoms. The van der Waals surface area contributed by atoms with Crippen LogP contribution in [0.1, 0.15) is 25.2 Å². The van der Waals surface area contributed by atoms with Gasteiger partial charge in [0.2, 0.25) is 0 Å². The van der Waals surface area contributed by atoms with Gasteiger partial charge in [0.1, 0.15) is 0 Å². The summed E-state index contributed by atoms with van der Waals surface area (Å²) in [6, 6.07) is 7.63. The molecule has 0 aliphatic carbocycles. The molecule has 0 spiro atoms. The molecule has 0 radical (unpaired) electrons. The van der Waals surface area contributed by atoms with Gasteiger partial charge in [-0.05, 0) is 37.1 Å². The molecule has 0 saturated heterocycles. The van der Waals surface area contributed by atoms with Gasteiger partial charge in [-0.25, -0.2) is 4.68 Å². The largest absolute Gasteiger partial charge is 0.396 e. The summed E-state index contributed by atoms with van der Waals surface area (Å²) in [7, 11) is 0. The zero-order valence-corrected chi connectivity index (χ0v) is 10.8. The van der Waals surface area contributed by atoms with Crippen LogP contribution in [-0.2, 0) is 12.8 Å². The summed E-state index contributed by atoms with van der Waals surface area (Å²) in [5.41, 5.74) is 9.91. The van der Waals surface area contributed by atoms with Crippen LogP contribution in [0, 0.1) is 0 Å². The Morgan fingerprint density at radius 2 is 1.82 bits per heavy atom. The zero-order chi connectivity index (χ0) is 12.4. The summed E-state index contributed by atoms with van der Waals surface area (Å²) in [5, 5.41) is 5.27. The Kier molecular flexibility index (Phi) is 3.38. The molecule has 4 heteroatoms. The minimum absolute atomic E-state index is 0.725. The summed E-state index contributed by atoms with van der Waals surface area (Å²) in [4.78, 5) is 0. The number of hydrogen-bond acceptors (Lipinski definition) is 2. The van der Waals surface area contributed by atoms with Crippen molar-refractivity contribution in [1.29, 1.82) is 0 Å². The standard InChI is InChI=1S/C13H16ClN3/c1-3-11-13(15)12(4-2)17(16-11)10-7-5-9(14)6-8-10/h5-8H,3-4,15H2,1-2H3. The fourth-order valence-corrected chi connectivity index (χ4v) is 2.04. The van der Waals surface area contributed by atoms with E-state index in [0.29, 0.717) is 0 Å². The summed E-state index contributed by atoms with van der Waals surface area (Å²) >= 11 is 5.88. The van der Waals surface area contributed by atoms with E-state index in [9.17, 15) is 0 Å². The van der Waals surface area contributed by atoms with Gasteiger partial charge in [-0.2, -0.15) is 5.10 Å².